The van der Waals surface area contributed by atoms with Crippen LogP contribution in [0.25, 0.3) is 21.3 Å². The third-order valence-corrected chi connectivity index (χ3v) is 3.63. The Morgan fingerprint density at radius 3 is 2.53 bits per heavy atom. The Hall–Kier alpha value is -1.87. The molecule has 2 nitrogen and oxygen atoms in total. The highest BCUT2D eigenvalue weighted by atomic mass is 32.1. The fourth-order valence-corrected chi connectivity index (χ4v) is 2.58. The Labute approximate surface area is 104 Å². The molecule has 3 heteroatoms. The van der Waals surface area contributed by atoms with Crippen LogP contribution in [0.15, 0.2) is 48.0 Å². The van der Waals surface area contributed by atoms with Crippen molar-refractivity contribution in [1.82, 2.24) is 4.98 Å². The standard InChI is InChI=1S/C14H12N2S/c1-15-12-5-2-10(3-6-12)11-4-7-13-14(8-11)17-9-16-13/h2-9,15H,1H3. The summed E-state index contributed by atoms with van der Waals surface area (Å²) in [5, 5.41) is 3.12. The largest absolute Gasteiger partial charge is 0.388 e. The van der Waals surface area contributed by atoms with Crippen LogP contribution in [0.4, 0.5) is 5.69 Å². The Balaban J connectivity index is 2.06. The van der Waals surface area contributed by atoms with E-state index >= 15 is 0 Å². The smallest absolute Gasteiger partial charge is 0.0812 e. The zero-order valence-corrected chi connectivity index (χ0v) is 10.3. The lowest BCUT2D eigenvalue weighted by molar-refractivity contribution is 1.49. The van der Waals surface area contributed by atoms with Crippen LogP contribution in [-0.2, 0) is 0 Å². The minimum absolute atomic E-state index is 1.07. The second kappa shape index (κ2) is 4.18. The van der Waals surface area contributed by atoms with E-state index in [4.69, 9.17) is 0 Å². The molecule has 0 radical (unpaired) electrons. The molecule has 0 amide bonds. The van der Waals surface area contributed by atoms with Crippen molar-refractivity contribution in [2.45, 2.75) is 0 Å². The van der Waals surface area contributed by atoms with Gasteiger partial charge in [0.2, 0.25) is 0 Å². The lowest BCUT2D eigenvalue weighted by atomic mass is 10.1. The van der Waals surface area contributed by atoms with E-state index in [0.29, 0.717) is 0 Å². The average molecular weight is 240 g/mol. The summed E-state index contributed by atoms with van der Waals surface area (Å²) >= 11 is 1.68. The van der Waals surface area contributed by atoms with Crippen LogP contribution in [0.2, 0.25) is 0 Å². The molecule has 0 saturated carbocycles. The molecule has 0 spiro atoms. The van der Waals surface area contributed by atoms with Crippen LogP contribution in [0.1, 0.15) is 0 Å². The van der Waals surface area contributed by atoms with Gasteiger partial charge in [0.25, 0.3) is 0 Å². The molecule has 0 aliphatic heterocycles. The number of aromatic nitrogens is 1. The maximum absolute atomic E-state index is 4.29. The van der Waals surface area contributed by atoms with Crippen molar-refractivity contribution in [1.29, 1.82) is 0 Å². The SMILES string of the molecule is CNc1ccc(-c2ccc3ncsc3c2)cc1. The van der Waals surface area contributed by atoms with E-state index in [9.17, 15) is 0 Å². The number of anilines is 1. The first-order chi connectivity index (χ1) is 8.36. The van der Waals surface area contributed by atoms with Gasteiger partial charge in [0.15, 0.2) is 0 Å². The summed E-state index contributed by atoms with van der Waals surface area (Å²) in [7, 11) is 1.93. The van der Waals surface area contributed by atoms with Crippen LogP contribution in [0.3, 0.4) is 0 Å². The Morgan fingerprint density at radius 2 is 1.76 bits per heavy atom. The minimum Gasteiger partial charge on any atom is -0.388 e. The maximum atomic E-state index is 4.29. The van der Waals surface area contributed by atoms with Crippen LogP contribution in [0.5, 0.6) is 0 Å². The summed E-state index contributed by atoms with van der Waals surface area (Å²) in [5.74, 6) is 0. The summed E-state index contributed by atoms with van der Waals surface area (Å²) in [4.78, 5) is 4.29. The molecule has 0 aliphatic carbocycles. The first-order valence-corrected chi connectivity index (χ1v) is 6.36. The maximum Gasteiger partial charge on any atom is 0.0812 e. The van der Waals surface area contributed by atoms with Crippen LogP contribution >= 0.6 is 11.3 Å². The van der Waals surface area contributed by atoms with Gasteiger partial charge in [-0.3, -0.25) is 0 Å². The first kappa shape index (κ1) is 10.3. The normalized spacial score (nSPS) is 10.6. The molecule has 0 atom stereocenters. The monoisotopic (exact) mass is 240 g/mol. The lowest BCUT2D eigenvalue weighted by Gasteiger charge is -2.04. The van der Waals surface area contributed by atoms with Crippen molar-refractivity contribution in [2.75, 3.05) is 12.4 Å². The van der Waals surface area contributed by atoms with Gasteiger partial charge in [-0.25, -0.2) is 4.98 Å². The third kappa shape index (κ3) is 1.89. The van der Waals surface area contributed by atoms with Crippen molar-refractivity contribution in [3.63, 3.8) is 0 Å². The van der Waals surface area contributed by atoms with E-state index in [2.05, 4.69) is 52.8 Å². The number of nitrogens with zero attached hydrogens (tertiary/aromatic N) is 1. The highest BCUT2D eigenvalue weighted by Gasteiger charge is 2.01. The Kier molecular flexibility index (Phi) is 2.53. The van der Waals surface area contributed by atoms with Gasteiger partial charge in [-0.05, 0) is 35.4 Å². The average Bonchev–Trinajstić information content (AvgIpc) is 2.86. The molecule has 0 fully saturated rings. The molecule has 1 aromatic heterocycles. The van der Waals surface area contributed by atoms with Crippen LogP contribution in [0, 0.1) is 0 Å². The van der Waals surface area contributed by atoms with Gasteiger partial charge in [-0.1, -0.05) is 18.2 Å². The Morgan fingerprint density at radius 1 is 1.00 bits per heavy atom. The van der Waals surface area contributed by atoms with E-state index in [-0.39, 0.29) is 0 Å². The van der Waals surface area contributed by atoms with Gasteiger partial charge < -0.3 is 5.32 Å². The van der Waals surface area contributed by atoms with E-state index in [0.717, 1.165) is 11.2 Å². The second-order valence-electron chi connectivity index (χ2n) is 3.86. The molecule has 0 aliphatic rings. The summed E-state index contributed by atoms with van der Waals surface area (Å²) in [6.07, 6.45) is 0. The van der Waals surface area contributed by atoms with E-state index < -0.39 is 0 Å². The number of hydrogen-bond acceptors (Lipinski definition) is 3. The lowest BCUT2D eigenvalue weighted by Crippen LogP contribution is -1.86. The second-order valence-corrected chi connectivity index (χ2v) is 4.75. The van der Waals surface area contributed by atoms with Gasteiger partial charge >= 0.3 is 0 Å². The number of benzene rings is 2. The molecule has 3 rings (SSSR count). The number of thiazole rings is 1. The number of fused-ring (bicyclic) bond motifs is 1. The molecule has 3 aromatic rings. The zero-order chi connectivity index (χ0) is 11.7. The number of hydrogen-bond donors (Lipinski definition) is 1. The van der Waals surface area contributed by atoms with E-state index in [1.165, 1.54) is 15.8 Å². The molecular weight excluding hydrogens is 228 g/mol. The fourth-order valence-electron chi connectivity index (χ4n) is 1.86. The van der Waals surface area contributed by atoms with E-state index in [1.54, 1.807) is 11.3 Å². The fraction of sp³-hybridized carbons (Fsp3) is 0.0714. The van der Waals surface area contributed by atoms with Crippen molar-refractivity contribution in [3.8, 4) is 11.1 Å². The predicted octanol–water partition coefficient (Wildman–Crippen LogP) is 4.01. The minimum atomic E-state index is 1.07. The quantitative estimate of drug-likeness (QED) is 0.732. The third-order valence-electron chi connectivity index (χ3n) is 2.84. The highest BCUT2D eigenvalue weighted by molar-refractivity contribution is 7.16. The number of nitrogens with one attached hydrogen (secondary N) is 1. The van der Waals surface area contributed by atoms with Gasteiger partial charge in [0.1, 0.15) is 0 Å². The van der Waals surface area contributed by atoms with Crippen LogP contribution < -0.4 is 5.32 Å². The summed E-state index contributed by atoms with van der Waals surface area (Å²) < 4.78 is 1.24. The van der Waals surface area contributed by atoms with Gasteiger partial charge in [-0.2, -0.15) is 0 Å². The summed E-state index contributed by atoms with van der Waals surface area (Å²) in [6.45, 7) is 0. The Bertz CT molecular complexity index is 641. The first-order valence-electron chi connectivity index (χ1n) is 5.48. The summed E-state index contributed by atoms with van der Waals surface area (Å²) in [5.41, 5.74) is 6.57. The zero-order valence-electron chi connectivity index (χ0n) is 9.47. The van der Waals surface area contributed by atoms with Gasteiger partial charge in [0, 0.05) is 12.7 Å². The van der Waals surface area contributed by atoms with Crippen molar-refractivity contribution in [3.05, 3.63) is 48.0 Å². The van der Waals surface area contributed by atoms with E-state index in [1.807, 2.05) is 12.6 Å². The molecule has 1 N–H and O–H groups in total. The van der Waals surface area contributed by atoms with Gasteiger partial charge in [0.05, 0.1) is 15.7 Å². The summed E-state index contributed by atoms with van der Waals surface area (Å²) in [6, 6.07) is 14.8. The molecule has 2 aromatic carbocycles. The molecular formula is C14H12N2S. The topological polar surface area (TPSA) is 24.9 Å². The molecule has 84 valence electrons. The molecule has 0 unspecified atom stereocenters. The molecule has 17 heavy (non-hydrogen) atoms. The van der Waals surface area contributed by atoms with Crippen molar-refractivity contribution in [2.24, 2.45) is 0 Å². The number of rotatable bonds is 2. The predicted molar refractivity (Wildman–Crippen MR) is 74.6 cm³/mol. The molecule has 0 bridgehead atoms. The van der Waals surface area contributed by atoms with Crippen molar-refractivity contribution >= 4 is 27.2 Å². The highest BCUT2D eigenvalue weighted by Crippen LogP contribution is 2.26. The van der Waals surface area contributed by atoms with Crippen molar-refractivity contribution < 1.29 is 0 Å². The molecule has 0 saturated heterocycles. The van der Waals surface area contributed by atoms with Gasteiger partial charge in [-0.15, -0.1) is 11.3 Å². The molecule has 1 heterocycles. The van der Waals surface area contributed by atoms with Crippen LogP contribution in [-0.4, -0.2) is 12.0 Å².